The summed E-state index contributed by atoms with van der Waals surface area (Å²) >= 11 is 0. The van der Waals surface area contributed by atoms with Gasteiger partial charge in [-0.2, -0.15) is 0 Å². The number of hydrogen-bond acceptors (Lipinski definition) is 5. The molecule has 1 aliphatic rings. The number of rotatable bonds is 8. The number of carbonyl (C=O) groups excluding carboxylic acids is 1. The smallest absolute Gasteiger partial charge is 0.306 e. The van der Waals surface area contributed by atoms with Crippen LogP contribution in [0.25, 0.3) is 11.1 Å². The molecule has 3 N–H and O–H groups in total. The van der Waals surface area contributed by atoms with Gasteiger partial charge in [0.2, 0.25) is 0 Å². The van der Waals surface area contributed by atoms with Crippen LogP contribution in [0.15, 0.2) is 65.9 Å². The molecule has 3 aromatic rings. The van der Waals surface area contributed by atoms with Crippen molar-refractivity contribution in [1.82, 2.24) is 10.3 Å². The fraction of sp³-hybridized carbons (Fsp3) is 0.333. The number of aromatic nitrogens is 1. The summed E-state index contributed by atoms with van der Waals surface area (Å²) in [6.45, 7) is 4.00. The van der Waals surface area contributed by atoms with Crippen LogP contribution in [0.1, 0.15) is 64.8 Å². The van der Waals surface area contributed by atoms with E-state index >= 15 is 0 Å². The molecule has 1 amide bonds. The van der Waals surface area contributed by atoms with Gasteiger partial charge in [-0.25, -0.2) is 0 Å². The van der Waals surface area contributed by atoms with E-state index in [0.717, 1.165) is 33.5 Å². The SMILES string of the molecule is Cc1cc(-c2cccc(/C(CCc3ccc(C(=O)NC4CCC(C(=O)O)CC4)cc3)=N\O)c2C)ccn1. The van der Waals surface area contributed by atoms with Crippen LogP contribution in [0.5, 0.6) is 0 Å². The third kappa shape index (κ3) is 6.42. The van der Waals surface area contributed by atoms with E-state index in [9.17, 15) is 14.8 Å². The Morgan fingerprint density at radius 2 is 1.76 bits per heavy atom. The zero-order valence-corrected chi connectivity index (χ0v) is 21.3. The third-order valence-corrected chi connectivity index (χ3v) is 7.25. The van der Waals surface area contributed by atoms with Crippen LogP contribution in [0.2, 0.25) is 0 Å². The minimum absolute atomic E-state index is 0.0150. The van der Waals surface area contributed by atoms with E-state index in [0.29, 0.717) is 49.8 Å². The minimum atomic E-state index is -0.749. The Morgan fingerprint density at radius 3 is 2.41 bits per heavy atom. The fourth-order valence-electron chi connectivity index (χ4n) is 5.05. The number of amides is 1. The number of oxime groups is 1. The first-order chi connectivity index (χ1) is 17.9. The van der Waals surface area contributed by atoms with E-state index in [1.807, 2.05) is 50.2 Å². The molecule has 0 bridgehead atoms. The Bertz CT molecular complexity index is 1290. The highest BCUT2D eigenvalue weighted by Crippen LogP contribution is 2.27. The van der Waals surface area contributed by atoms with Crippen LogP contribution in [0.4, 0.5) is 0 Å². The first kappa shape index (κ1) is 26.1. The molecule has 0 spiro atoms. The number of aryl methyl sites for hydroxylation is 2. The third-order valence-electron chi connectivity index (χ3n) is 7.25. The molecule has 192 valence electrons. The number of carbonyl (C=O) groups is 2. The van der Waals surface area contributed by atoms with E-state index in [-0.39, 0.29) is 17.9 Å². The summed E-state index contributed by atoms with van der Waals surface area (Å²) in [5, 5.41) is 25.6. The Balaban J connectivity index is 1.37. The van der Waals surface area contributed by atoms with Gasteiger partial charge in [-0.15, -0.1) is 0 Å². The van der Waals surface area contributed by atoms with Crippen LogP contribution < -0.4 is 5.32 Å². The average molecular weight is 500 g/mol. The Hall–Kier alpha value is -4.00. The van der Waals surface area contributed by atoms with E-state index in [2.05, 4.69) is 21.5 Å². The number of carboxylic acids is 1. The summed E-state index contributed by atoms with van der Waals surface area (Å²) in [5.74, 6) is -1.19. The molecule has 37 heavy (non-hydrogen) atoms. The maximum absolute atomic E-state index is 12.7. The summed E-state index contributed by atoms with van der Waals surface area (Å²) in [7, 11) is 0. The first-order valence-corrected chi connectivity index (χ1v) is 12.7. The molecule has 2 aromatic carbocycles. The zero-order valence-electron chi connectivity index (χ0n) is 21.3. The lowest BCUT2D eigenvalue weighted by Crippen LogP contribution is -2.38. The second-order valence-electron chi connectivity index (χ2n) is 9.77. The molecule has 1 aromatic heterocycles. The zero-order chi connectivity index (χ0) is 26.4. The number of pyridine rings is 1. The monoisotopic (exact) mass is 499 g/mol. The second kappa shape index (κ2) is 11.8. The molecule has 0 saturated heterocycles. The number of nitrogens with one attached hydrogen (secondary N) is 1. The summed E-state index contributed by atoms with van der Waals surface area (Å²) < 4.78 is 0. The van der Waals surface area contributed by atoms with E-state index < -0.39 is 5.97 Å². The highest BCUT2D eigenvalue weighted by atomic mass is 16.4. The van der Waals surface area contributed by atoms with Gasteiger partial charge in [-0.1, -0.05) is 35.5 Å². The number of nitrogens with zero attached hydrogens (tertiary/aromatic N) is 2. The number of hydrogen-bond donors (Lipinski definition) is 3. The largest absolute Gasteiger partial charge is 0.481 e. The van der Waals surface area contributed by atoms with Gasteiger partial charge in [-0.05, 0) is 98.9 Å². The molecule has 0 atom stereocenters. The van der Waals surface area contributed by atoms with Crippen molar-refractivity contribution < 1.29 is 19.9 Å². The van der Waals surface area contributed by atoms with Crippen LogP contribution in [-0.2, 0) is 11.2 Å². The number of carboxylic acid groups (broad SMARTS) is 1. The normalized spacial score (nSPS) is 17.8. The summed E-state index contributed by atoms with van der Waals surface area (Å²) in [6.07, 6.45) is 5.58. The Kier molecular flexibility index (Phi) is 8.33. The van der Waals surface area contributed by atoms with Gasteiger partial charge in [0.1, 0.15) is 0 Å². The van der Waals surface area contributed by atoms with E-state index in [1.165, 1.54) is 0 Å². The molecule has 0 radical (unpaired) electrons. The van der Waals surface area contributed by atoms with Crippen molar-refractivity contribution in [2.45, 2.75) is 58.4 Å². The molecule has 1 saturated carbocycles. The topological polar surface area (TPSA) is 112 Å². The molecule has 1 aliphatic carbocycles. The molecule has 0 unspecified atom stereocenters. The molecule has 7 heteroatoms. The number of aliphatic carboxylic acids is 1. The van der Waals surface area contributed by atoms with Gasteiger partial charge in [0.05, 0.1) is 11.6 Å². The lowest BCUT2D eigenvalue weighted by Gasteiger charge is -2.26. The van der Waals surface area contributed by atoms with Crippen molar-refractivity contribution >= 4 is 17.6 Å². The predicted molar refractivity (Wildman–Crippen MR) is 143 cm³/mol. The van der Waals surface area contributed by atoms with E-state index in [4.69, 9.17) is 5.11 Å². The van der Waals surface area contributed by atoms with Crippen molar-refractivity contribution in [2.75, 3.05) is 0 Å². The summed E-state index contributed by atoms with van der Waals surface area (Å²) in [6, 6.07) is 17.5. The maximum atomic E-state index is 12.7. The lowest BCUT2D eigenvalue weighted by molar-refractivity contribution is -0.142. The highest BCUT2D eigenvalue weighted by molar-refractivity contribution is 6.03. The molecule has 1 heterocycles. The fourth-order valence-corrected chi connectivity index (χ4v) is 5.05. The summed E-state index contributed by atoms with van der Waals surface area (Å²) in [5.41, 5.74) is 7.29. The van der Waals surface area contributed by atoms with Crippen LogP contribution in [-0.4, -0.2) is 38.9 Å². The van der Waals surface area contributed by atoms with Gasteiger partial charge in [0.25, 0.3) is 5.91 Å². The van der Waals surface area contributed by atoms with Gasteiger partial charge in [0, 0.05) is 29.1 Å². The molecule has 1 fully saturated rings. The molecular formula is C30H33N3O4. The first-order valence-electron chi connectivity index (χ1n) is 12.7. The lowest BCUT2D eigenvalue weighted by atomic mass is 9.86. The predicted octanol–water partition coefficient (Wildman–Crippen LogP) is 5.55. The van der Waals surface area contributed by atoms with Crippen molar-refractivity contribution in [3.05, 3.63) is 88.7 Å². The summed E-state index contributed by atoms with van der Waals surface area (Å²) in [4.78, 5) is 28.1. The molecular weight excluding hydrogens is 466 g/mol. The molecule has 0 aliphatic heterocycles. The number of benzene rings is 2. The average Bonchev–Trinajstić information content (AvgIpc) is 2.90. The van der Waals surface area contributed by atoms with Gasteiger partial charge in [0.15, 0.2) is 0 Å². The van der Waals surface area contributed by atoms with Gasteiger partial charge in [-0.3, -0.25) is 14.6 Å². The van der Waals surface area contributed by atoms with Gasteiger partial charge >= 0.3 is 5.97 Å². The second-order valence-corrected chi connectivity index (χ2v) is 9.77. The van der Waals surface area contributed by atoms with E-state index in [1.54, 1.807) is 18.3 Å². The van der Waals surface area contributed by atoms with Gasteiger partial charge < -0.3 is 15.6 Å². The maximum Gasteiger partial charge on any atom is 0.306 e. The highest BCUT2D eigenvalue weighted by Gasteiger charge is 2.26. The quantitative estimate of drug-likeness (QED) is 0.214. The van der Waals surface area contributed by atoms with Crippen molar-refractivity contribution in [3.63, 3.8) is 0 Å². The van der Waals surface area contributed by atoms with Crippen molar-refractivity contribution in [1.29, 1.82) is 0 Å². The van der Waals surface area contributed by atoms with Crippen molar-refractivity contribution in [3.8, 4) is 11.1 Å². The molecule has 4 rings (SSSR count). The Morgan fingerprint density at radius 1 is 1.03 bits per heavy atom. The standard InChI is InChI=1S/C30H33N3O4/c1-19-18-24(16-17-31-19)26-4-3-5-27(20(26)2)28(33-37)15-8-21-6-9-22(10-7-21)29(34)32-25-13-11-23(12-14-25)30(35)36/h3-7,9-10,16-18,23,25,37H,8,11-15H2,1-2H3,(H,32,34)(H,35,36)/b33-28-. The minimum Gasteiger partial charge on any atom is -0.481 e. The van der Waals surface area contributed by atoms with Crippen molar-refractivity contribution in [2.24, 2.45) is 11.1 Å². The molecule has 7 nitrogen and oxygen atoms in total. The van der Waals surface area contributed by atoms with Crippen LogP contribution in [0, 0.1) is 19.8 Å². The Labute approximate surface area is 217 Å². The van der Waals surface area contributed by atoms with Crippen LogP contribution in [0.3, 0.4) is 0 Å². The van der Waals surface area contributed by atoms with Crippen LogP contribution >= 0.6 is 0 Å².